The maximum Gasteiger partial charge on any atom is 0.267 e. The van der Waals surface area contributed by atoms with E-state index in [1.54, 1.807) is 18.2 Å². The van der Waals surface area contributed by atoms with Gasteiger partial charge in [-0.3, -0.25) is 4.79 Å². The van der Waals surface area contributed by atoms with Crippen LogP contribution < -0.4 is 19.8 Å². The quantitative estimate of drug-likeness (QED) is 0.403. The largest absolute Gasteiger partial charge is 0.493 e. The molecule has 9 heteroatoms. The van der Waals surface area contributed by atoms with Gasteiger partial charge in [0.25, 0.3) is 5.56 Å². The van der Waals surface area contributed by atoms with Gasteiger partial charge in [-0.15, -0.1) is 0 Å². The third-order valence-electron chi connectivity index (χ3n) is 5.20. The summed E-state index contributed by atoms with van der Waals surface area (Å²) in [5.41, 5.74) is 3.18. The molecule has 9 nitrogen and oxygen atoms in total. The van der Waals surface area contributed by atoms with Crippen LogP contribution in [0.15, 0.2) is 57.8 Å². The Hall–Kier alpha value is -4.14. The van der Waals surface area contributed by atoms with Gasteiger partial charge in [0.05, 0.1) is 27.0 Å². The Bertz CT molecular complexity index is 1290. The smallest absolute Gasteiger partial charge is 0.267 e. The highest BCUT2D eigenvalue weighted by molar-refractivity contribution is 5.66. The fraction of sp³-hybridized carbons (Fsp3) is 0.250. The van der Waals surface area contributed by atoms with Gasteiger partial charge in [-0.25, -0.2) is 4.68 Å². The van der Waals surface area contributed by atoms with Crippen LogP contribution in [0.5, 0.6) is 17.2 Å². The van der Waals surface area contributed by atoms with Crippen molar-refractivity contribution in [2.75, 3.05) is 21.3 Å². The summed E-state index contributed by atoms with van der Waals surface area (Å²) in [6.45, 7) is 2.14. The number of aryl methyl sites for hydroxylation is 1. The molecule has 0 aliphatic heterocycles. The van der Waals surface area contributed by atoms with Crippen molar-refractivity contribution in [2.24, 2.45) is 0 Å². The van der Waals surface area contributed by atoms with Gasteiger partial charge < -0.3 is 18.7 Å². The van der Waals surface area contributed by atoms with Crippen LogP contribution in [0.25, 0.3) is 22.6 Å². The molecule has 0 amide bonds. The summed E-state index contributed by atoms with van der Waals surface area (Å²) >= 11 is 0. The molecule has 2 heterocycles. The zero-order valence-corrected chi connectivity index (χ0v) is 18.9. The maximum atomic E-state index is 12.4. The van der Waals surface area contributed by atoms with Crippen molar-refractivity contribution >= 4 is 0 Å². The lowest BCUT2D eigenvalue weighted by Gasteiger charge is -2.12. The number of rotatable bonds is 8. The molecule has 0 saturated heterocycles. The zero-order valence-electron chi connectivity index (χ0n) is 18.9. The van der Waals surface area contributed by atoms with E-state index in [4.69, 9.17) is 18.7 Å². The van der Waals surface area contributed by atoms with Crippen molar-refractivity contribution in [2.45, 2.75) is 19.9 Å². The fourth-order valence-corrected chi connectivity index (χ4v) is 3.40. The molecule has 0 N–H and O–H groups in total. The first-order valence-electron chi connectivity index (χ1n) is 10.4. The summed E-state index contributed by atoms with van der Waals surface area (Å²) in [6, 6.07) is 14.7. The zero-order chi connectivity index (χ0) is 23.4. The third-order valence-corrected chi connectivity index (χ3v) is 5.20. The van der Waals surface area contributed by atoms with Crippen LogP contribution in [0.4, 0.5) is 0 Å². The lowest BCUT2D eigenvalue weighted by atomic mass is 10.1. The van der Waals surface area contributed by atoms with E-state index in [-0.39, 0.29) is 18.0 Å². The molecule has 2 aromatic heterocycles. The first-order valence-corrected chi connectivity index (χ1v) is 10.4. The van der Waals surface area contributed by atoms with Crippen LogP contribution in [-0.2, 0) is 13.0 Å². The summed E-state index contributed by atoms with van der Waals surface area (Å²) in [5, 5.41) is 8.51. The molecular weight excluding hydrogens is 424 g/mol. The normalized spacial score (nSPS) is 10.8. The van der Waals surface area contributed by atoms with Gasteiger partial charge in [-0.1, -0.05) is 36.3 Å². The van der Waals surface area contributed by atoms with E-state index in [1.165, 1.54) is 37.6 Å². The molecule has 2 aromatic carbocycles. The van der Waals surface area contributed by atoms with Gasteiger partial charge in [0.15, 0.2) is 11.5 Å². The molecule has 0 aliphatic rings. The Morgan fingerprint density at radius 1 is 0.909 bits per heavy atom. The van der Waals surface area contributed by atoms with Gasteiger partial charge in [-0.2, -0.15) is 10.1 Å². The second-order valence-electron chi connectivity index (χ2n) is 7.19. The van der Waals surface area contributed by atoms with Crippen LogP contribution in [0.2, 0.25) is 0 Å². The van der Waals surface area contributed by atoms with E-state index in [2.05, 4.69) is 22.2 Å². The summed E-state index contributed by atoms with van der Waals surface area (Å²) in [4.78, 5) is 16.8. The van der Waals surface area contributed by atoms with Gasteiger partial charge in [0.2, 0.25) is 17.5 Å². The molecule has 0 aliphatic carbocycles. The Kier molecular flexibility index (Phi) is 6.39. The second-order valence-corrected chi connectivity index (χ2v) is 7.19. The van der Waals surface area contributed by atoms with Crippen LogP contribution >= 0.6 is 0 Å². The number of hydrogen-bond donors (Lipinski definition) is 0. The fourth-order valence-electron chi connectivity index (χ4n) is 3.40. The van der Waals surface area contributed by atoms with Gasteiger partial charge in [0, 0.05) is 17.2 Å². The Morgan fingerprint density at radius 3 is 2.21 bits per heavy atom. The Balaban J connectivity index is 1.62. The van der Waals surface area contributed by atoms with Gasteiger partial charge >= 0.3 is 0 Å². The topological polar surface area (TPSA) is 102 Å². The molecule has 4 rings (SSSR count). The van der Waals surface area contributed by atoms with Crippen LogP contribution in [0, 0.1) is 0 Å². The number of nitrogens with zero attached hydrogens (tertiary/aromatic N) is 4. The molecule has 0 atom stereocenters. The van der Waals surface area contributed by atoms with Crippen molar-refractivity contribution in [1.82, 2.24) is 19.9 Å². The van der Waals surface area contributed by atoms with Crippen molar-refractivity contribution in [1.29, 1.82) is 0 Å². The summed E-state index contributed by atoms with van der Waals surface area (Å²) in [6.07, 6.45) is 0.957. The maximum absolute atomic E-state index is 12.4. The SMILES string of the molecule is CCc1ccc(-c2ccc(=O)n(Cc3nc(-c4cc(OC)c(OC)c(OC)c4)no3)n2)cc1. The lowest BCUT2D eigenvalue weighted by molar-refractivity contribution is 0.324. The summed E-state index contributed by atoms with van der Waals surface area (Å²) in [5.74, 6) is 1.97. The number of aromatic nitrogens is 4. The summed E-state index contributed by atoms with van der Waals surface area (Å²) < 4.78 is 22.8. The molecule has 33 heavy (non-hydrogen) atoms. The highest BCUT2D eigenvalue weighted by Crippen LogP contribution is 2.40. The van der Waals surface area contributed by atoms with E-state index in [0.29, 0.717) is 34.3 Å². The molecular formula is C24H24N4O5. The number of methoxy groups -OCH3 is 3. The van der Waals surface area contributed by atoms with Gasteiger partial charge in [0.1, 0.15) is 6.54 Å². The van der Waals surface area contributed by atoms with E-state index in [0.717, 1.165) is 12.0 Å². The van der Waals surface area contributed by atoms with Gasteiger partial charge in [-0.05, 0) is 30.2 Å². The van der Waals surface area contributed by atoms with Crippen LogP contribution in [0.1, 0.15) is 18.4 Å². The molecule has 0 fully saturated rings. The second kappa shape index (κ2) is 9.56. The minimum absolute atomic E-state index is 0.0388. The van der Waals surface area contributed by atoms with E-state index in [9.17, 15) is 4.79 Å². The average molecular weight is 448 g/mol. The first kappa shape index (κ1) is 22.1. The van der Waals surface area contributed by atoms with Crippen molar-refractivity contribution in [3.8, 4) is 39.9 Å². The molecule has 170 valence electrons. The molecule has 4 aromatic rings. The lowest BCUT2D eigenvalue weighted by Crippen LogP contribution is -2.23. The third kappa shape index (κ3) is 4.57. The number of hydrogen-bond acceptors (Lipinski definition) is 8. The predicted molar refractivity (Wildman–Crippen MR) is 122 cm³/mol. The summed E-state index contributed by atoms with van der Waals surface area (Å²) in [7, 11) is 4.59. The molecule has 0 bridgehead atoms. The Morgan fingerprint density at radius 2 is 1.61 bits per heavy atom. The highest BCUT2D eigenvalue weighted by Gasteiger charge is 2.18. The standard InChI is InChI=1S/C24H24N4O5/c1-5-15-6-8-16(9-7-15)18-10-11-22(29)28(26-18)14-21-25-24(27-33-21)17-12-19(30-2)23(32-4)20(13-17)31-3/h6-13H,5,14H2,1-4H3. The van der Waals surface area contributed by atoms with Crippen molar-refractivity contribution in [3.05, 3.63) is 70.3 Å². The van der Waals surface area contributed by atoms with Crippen molar-refractivity contribution < 1.29 is 18.7 Å². The predicted octanol–water partition coefficient (Wildman–Crippen LogP) is 3.60. The average Bonchev–Trinajstić information content (AvgIpc) is 3.33. The minimum Gasteiger partial charge on any atom is -0.493 e. The minimum atomic E-state index is -0.267. The molecule has 0 spiro atoms. The Labute approximate surface area is 190 Å². The number of benzene rings is 2. The van der Waals surface area contributed by atoms with Crippen LogP contribution in [0.3, 0.4) is 0 Å². The first-order chi connectivity index (χ1) is 16.1. The monoisotopic (exact) mass is 448 g/mol. The van der Waals surface area contributed by atoms with Crippen LogP contribution in [-0.4, -0.2) is 41.3 Å². The van der Waals surface area contributed by atoms with E-state index < -0.39 is 0 Å². The van der Waals surface area contributed by atoms with E-state index in [1.807, 2.05) is 24.3 Å². The molecule has 0 unspecified atom stereocenters. The van der Waals surface area contributed by atoms with Crippen molar-refractivity contribution in [3.63, 3.8) is 0 Å². The molecule has 0 radical (unpaired) electrons. The van der Waals surface area contributed by atoms with E-state index >= 15 is 0 Å². The molecule has 0 saturated carbocycles. The number of ether oxygens (including phenoxy) is 3. The highest BCUT2D eigenvalue weighted by atomic mass is 16.5.